The molecule has 0 radical (unpaired) electrons. The summed E-state index contributed by atoms with van der Waals surface area (Å²) in [6, 6.07) is 4.21. The van der Waals surface area contributed by atoms with E-state index in [4.69, 9.17) is 9.47 Å². The van der Waals surface area contributed by atoms with E-state index in [0.717, 1.165) is 25.9 Å². The van der Waals surface area contributed by atoms with E-state index in [1.807, 2.05) is 20.8 Å². The molecule has 1 aliphatic heterocycles. The van der Waals surface area contributed by atoms with Crippen molar-refractivity contribution in [1.82, 2.24) is 4.90 Å². The number of hydrogen-bond acceptors (Lipinski definition) is 4. The van der Waals surface area contributed by atoms with Crippen LogP contribution in [0.15, 0.2) is 17.5 Å². The zero-order valence-corrected chi connectivity index (χ0v) is 14.9. The van der Waals surface area contributed by atoms with Gasteiger partial charge in [-0.3, -0.25) is 0 Å². The molecular weight excluding hydrogens is 298 g/mol. The van der Waals surface area contributed by atoms with Gasteiger partial charge < -0.3 is 14.4 Å². The highest BCUT2D eigenvalue weighted by atomic mass is 32.1. The largest absolute Gasteiger partial charge is 0.444 e. The maximum absolute atomic E-state index is 12.1. The van der Waals surface area contributed by atoms with Crippen molar-refractivity contribution in [2.45, 2.75) is 58.2 Å². The summed E-state index contributed by atoms with van der Waals surface area (Å²) in [7, 11) is 0. The van der Waals surface area contributed by atoms with Gasteiger partial charge in [0.05, 0.1) is 12.2 Å². The third-order valence-electron chi connectivity index (χ3n) is 3.85. The third kappa shape index (κ3) is 5.29. The fraction of sp³-hybridized carbons (Fsp3) is 0.706. The van der Waals surface area contributed by atoms with Gasteiger partial charge in [-0.1, -0.05) is 6.07 Å². The van der Waals surface area contributed by atoms with Gasteiger partial charge in [0.1, 0.15) is 5.60 Å². The SMILES string of the molecule is CC(C)(C)OC(=O)N1CCC(C)(OCCc2cccs2)CC1. The molecule has 0 N–H and O–H groups in total. The average Bonchev–Trinajstić information content (AvgIpc) is 2.90. The molecule has 1 aromatic rings. The first-order valence-corrected chi connectivity index (χ1v) is 8.80. The topological polar surface area (TPSA) is 38.8 Å². The van der Waals surface area contributed by atoms with Gasteiger partial charge in [-0.25, -0.2) is 4.79 Å². The van der Waals surface area contributed by atoms with Crippen LogP contribution in [-0.4, -0.2) is 41.9 Å². The average molecular weight is 325 g/mol. The van der Waals surface area contributed by atoms with E-state index >= 15 is 0 Å². The lowest BCUT2D eigenvalue weighted by Crippen LogP contribution is -2.48. The van der Waals surface area contributed by atoms with Crippen molar-refractivity contribution in [3.05, 3.63) is 22.4 Å². The Morgan fingerprint density at radius 3 is 2.59 bits per heavy atom. The Labute approximate surface area is 137 Å². The second-order valence-electron chi connectivity index (χ2n) is 7.10. The molecule has 1 aliphatic rings. The van der Waals surface area contributed by atoms with Crippen molar-refractivity contribution in [3.8, 4) is 0 Å². The van der Waals surface area contributed by atoms with Gasteiger partial charge in [-0.05, 0) is 52.0 Å². The molecule has 1 fully saturated rings. The molecule has 5 heteroatoms. The molecule has 0 spiro atoms. The first kappa shape index (κ1) is 17.3. The number of hydrogen-bond donors (Lipinski definition) is 0. The van der Waals surface area contributed by atoms with E-state index in [0.29, 0.717) is 13.1 Å². The fourth-order valence-corrected chi connectivity index (χ4v) is 3.18. The van der Waals surface area contributed by atoms with Crippen molar-refractivity contribution in [3.63, 3.8) is 0 Å². The molecule has 22 heavy (non-hydrogen) atoms. The summed E-state index contributed by atoms with van der Waals surface area (Å²) in [5.41, 5.74) is -0.565. The molecule has 2 rings (SSSR count). The Kier molecular flexibility index (Phi) is 5.50. The summed E-state index contributed by atoms with van der Waals surface area (Å²) in [5.74, 6) is 0. The first-order chi connectivity index (χ1) is 10.3. The molecule has 0 aliphatic carbocycles. The van der Waals surface area contributed by atoms with Crippen LogP contribution in [0.3, 0.4) is 0 Å². The van der Waals surface area contributed by atoms with Gasteiger partial charge in [-0.2, -0.15) is 0 Å². The van der Waals surface area contributed by atoms with Gasteiger partial charge in [0, 0.05) is 24.4 Å². The molecule has 1 aromatic heterocycles. The van der Waals surface area contributed by atoms with Crippen LogP contribution in [0.5, 0.6) is 0 Å². The Hall–Kier alpha value is -1.07. The van der Waals surface area contributed by atoms with E-state index in [2.05, 4.69) is 24.4 Å². The molecular formula is C17H27NO3S. The van der Waals surface area contributed by atoms with Crippen molar-refractivity contribution in [1.29, 1.82) is 0 Å². The number of carbonyl (C=O) groups excluding carboxylic acids is 1. The summed E-state index contributed by atoms with van der Waals surface area (Å²) >= 11 is 1.77. The van der Waals surface area contributed by atoms with Crippen LogP contribution >= 0.6 is 11.3 Å². The maximum Gasteiger partial charge on any atom is 0.410 e. The van der Waals surface area contributed by atoms with Gasteiger partial charge in [0.25, 0.3) is 0 Å². The normalized spacial score (nSPS) is 18.3. The molecule has 1 amide bonds. The number of piperidine rings is 1. The number of ether oxygens (including phenoxy) is 2. The van der Waals surface area contributed by atoms with E-state index in [1.165, 1.54) is 4.88 Å². The van der Waals surface area contributed by atoms with Crippen LogP contribution in [0.4, 0.5) is 4.79 Å². The number of amides is 1. The predicted octanol–water partition coefficient (Wildman–Crippen LogP) is 4.10. The van der Waals surface area contributed by atoms with Crippen molar-refractivity contribution >= 4 is 17.4 Å². The highest BCUT2D eigenvalue weighted by Crippen LogP contribution is 2.27. The molecule has 1 saturated heterocycles. The lowest BCUT2D eigenvalue weighted by molar-refractivity contribution is -0.0712. The predicted molar refractivity (Wildman–Crippen MR) is 89.4 cm³/mol. The molecule has 2 heterocycles. The molecule has 4 nitrogen and oxygen atoms in total. The Bertz CT molecular complexity index is 471. The highest BCUT2D eigenvalue weighted by molar-refractivity contribution is 7.09. The van der Waals surface area contributed by atoms with Crippen LogP contribution < -0.4 is 0 Å². The summed E-state index contributed by atoms with van der Waals surface area (Å²) in [5, 5.41) is 2.09. The number of likely N-dealkylation sites (tertiary alicyclic amines) is 1. The summed E-state index contributed by atoms with van der Waals surface area (Å²) in [4.78, 5) is 15.2. The van der Waals surface area contributed by atoms with Gasteiger partial charge in [0.2, 0.25) is 0 Å². The molecule has 0 unspecified atom stereocenters. The van der Waals surface area contributed by atoms with Gasteiger partial charge in [0.15, 0.2) is 0 Å². The zero-order valence-electron chi connectivity index (χ0n) is 14.1. The lowest BCUT2D eigenvalue weighted by Gasteiger charge is -2.39. The summed E-state index contributed by atoms with van der Waals surface area (Å²) < 4.78 is 11.5. The minimum Gasteiger partial charge on any atom is -0.444 e. The van der Waals surface area contributed by atoms with Crippen molar-refractivity contribution < 1.29 is 14.3 Å². The summed E-state index contributed by atoms with van der Waals surface area (Å²) in [6.07, 6.45) is 2.46. The minimum atomic E-state index is -0.435. The molecule has 124 valence electrons. The Morgan fingerprint density at radius 2 is 2.05 bits per heavy atom. The highest BCUT2D eigenvalue weighted by Gasteiger charge is 2.34. The van der Waals surface area contributed by atoms with E-state index in [1.54, 1.807) is 16.2 Å². The molecule has 0 saturated carbocycles. The van der Waals surface area contributed by atoms with Crippen LogP contribution in [0.2, 0.25) is 0 Å². The van der Waals surface area contributed by atoms with Gasteiger partial charge >= 0.3 is 6.09 Å². The monoisotopic (exact) mass is 325 g/mol. The first-order valence-electron chi connectivity index (χ1n) is 7.92. The second kappa shape index (κ2) is 7.01. The van der Waals surface area contributed by atoms with Crippen molar-refractivity contribution in [2.75, 3.05) is 19.7 Å². The number of thiophene rings is 1. The van der Waals surface area contributed by atoms with Crippen LogP contribution in [0.1, 0.15) is 45.4 Å². The van der Waals surface area contributed by atoms with Crippen LogP contribution in [0.25, 0.3) is 0 Å². The smallest absolute Gasteiger partial charge is 0.410 e. The molecule has 0 bridgehead atoms. The third-order valence-corrected chi connectivity index (χ3v) is 4.79. The maximum atomic E-state index is 12.1. The van der Waals surface area contributed by atoms with Crippen LogP contribution in [-0.2, 0) is 15.9 Å². The number of rotatable bonds is 4. The molecule has 0 atom stereocenters. The van der Waals surface area contributed by atoms with Gasteiger partial charge in [-0.15, -0.1) is 11.3 Å². The second-order valence-corrected chi connectivity index (χ2v) is 8.13. The standard InChI is InChI=1S/C17H27NO3S/c1-16(2,3)21-15(19)18-10-8-17(4,9-11-18)20-12-7-14-6-5-13-22-14/h5-6,13H,7-12H2,1-4H3. The van der Waals surface area contributed by atoms with Crippen molar-refractivity contribution in [2.24, 2.45) is 0 Å². The number of nitrogens with zero attached hydrogens (tertiary/aromatic N) is 1. The Balaban J connectivity index is 1.74. The van der Waals surface area contributed by atoms with E-state index in [9.17, 15) is 4.79 Å². The van der Waals surface area contributed by atoms with Crippen LogP contribution in [0, 0.1) is 0 Å². The lowest BCUT2D eigenvalue weighted by atomic mass is 9.93. The summed E-state index contributed by atoms with van der Waals surface area (Å²) in [6.45, 7) is 9.97. The number of carbonyl (C=O) groups is 1. The van der Waals surface area contributed by atoms with E-state index < -0.39 is 5.60 Å². The minimum absolute atomic E-state index is 0.129. The fourth-order valence-electron chi connectivity index (χ4n) is 2.49. The quantitative estimate of drug-likeness (QED) is 0.836. The zero-order chi connectivity index (χ0) is 16.2. The Morgan fingerprint density at radius 1 is 1.36 bits per heavy atom. The molecule has 0 aromatic carbocycles. The van der Waals surface area contributed by atoms with E-state index in [-0.39, 0.29) is 11.7 Å².